The van der Waals surface area contributed by atoms with Crippen LogP contribution in [0.25, 0.3) is 0 Å². The van der Waals surface area contributed by atoms with Crippen molar-refractivity contribution in [3.63, 3.8) is 0 Å². The smallest absolute Gasteiger partial charge is 0.252 e. The van der Waals surface area contributed by atoms with Crippen LogP contribution in [0.4, 0.5) is 14.6 Å². The Balaban J connectivity index is 2.13. The van der Waals surface area contributed by atoms with Gasteiger partial charge in [0.15, 0.2) is 5.82 Å². The van der Waals surface area contributed by atoms with Gasteiger partial charge in [0.1, 0.15) is 11.6 Å². The van der Waals surface area contributed by atoms with Gasteiger partial charge in [-0.1, -0.05) is 0 Å². The Morgan fingerprint density at radius 1 is 1.42 bits per heavy atom. The standard InChI is InChI=1S/C13H16F2N4/c1-8-9(2)18-19-12(11(8)6-16)17-7-10-4-3-5-13(10,14)15/h10H,3-5,7H2,1-2H3,(H,17,19). The fourth-order valence-electron chi connectivity index (χ4n) is 2.34. The summed E-state index contributed by atoms with van der Waals surface area (Å²) in [7, 11) is 0. The second-order valence-electron chi connectivity index (χ2n) is 4.98. The number of nitrogens with zero attached hydrogens (tertiary/aromatic N) is 3. The van der Waals surface area contributed by atoms with Crippen molar-refractivity contribution in [3.8, 4) is 6.07 Å². The molecule has 1 aromatic heterocycles. The minimum atomic E-state index is -2.62. The predicted octanol–water partition coefficient (Wildman–Crippen LogP) is 2.81. The number of rotatable bonds is 3. The maximum atomic E-state index is 13.5. The summed E-state index contributed by atoms with van der Waals surface area (Å²) in [6.07, 6.45) is 0.992. The van der Waals surface area contributed by atoms with Crippen molar-refractivity contribution >= 4 is 5.82 Å². The van der Waals surface area contributed by atoms with Gasteiger partial charge in [-0.3, -0.25) is 0 Å². The first-order valence-corrected chi connectivity index (χ1v) is 6.31. The quantitative estimate of drug-likeness (QED) is 0.913. The van der Waals surface area contributed by atoms with Crippen LogP contribution in [0.15, 0.2) is 0 Å². The highest BCUT2D eigenvalue weighted by Crippen LogP contribution is 2.40. The van der Waals surface area contributed by atoms with Crippen molar-refractivity contribution in [3.05, 3.63) is 16.8 Å². The molecule has 1 saturated carbocycles. The topological polar surface area (TPSA) is 61.6 Å². The summed E-state index contributed by atoms with van der Waals surface area (Å²) >= 11 is 0. The Hall–Kier alpha value is -1.77. The number of nitrogens with one attached hydrogen (secondary N) is 1. The third-order valence-electron chi connectivity index (χ3n) is 3.74. The summed E-state index contributed by atoms with van der Waals surface area (Å²) in [5.74, 6) is -3.01. The van der Waals surface area contributed by atoms with Gasteiger partial charge in [-0.25, -0.2) is 8.78 Å². The van der Waals surface area contributed by atoms with Crippen LogP contribution in [-0.2, 0) is 0 Å². The largest absolute Gasteiger partial charge is 0.367 e. The molecule has 102 valence electrons. The van der Waals surface area contributed by atoms with Gasteiger partial charge in [0.25, 0.3) is 5.92 Å². The van der Waals surface area contributed by atoms with Crippen LogP contribution in [0.5, 0.6) is 0 Å². The first-order chi connectivity index (χ1) is 8.95. The number of hydrogen-bond donors (Lipinski definition) is 1. The first-order valence-electron chi connectivity index (χ1n) is 6.31. The van der Waals surface area contributed by atoms with Crippen molar-refractivity contribution in [2.45, 2.75) is 39.0 Å². The zero-order valence-corrected chi connectivity index (χ0v) is 11.0. The Bertz CT molecular complexity index is 522. The van der Waals surface area contributed by atoms with Crippen LogP contribution >= 0.6 is 0 Å². The van der Waals surface area contributed by atoms with Gasteiger partial charge >= 0.3 is 0 Å². The van der Waals surface area contributed by atoms with Crippen LogP contribution < -0.4 is 5.32 Å². The third-order valence-corrected chi connectivity index (χ3v) is 3.74. The van der Waals surface area contributed by atoms with E-state index in [2.05, 4.69) is 15.5 Å². The minimum absolute atomic E-state index is 0.0525. The highest BCUT2D eigenvalue weighted by atomic mass is 19.3. The second-order valence-corrected chi connectivity index (χ2v) is 4.98. The van der Waals surface area contributed by atoms with Gasteiger partial charge in [-0.05, 0) is 32.3 Å². The molecule has 0 aliphatic heterocycles. The molecule has 0 spiro atoms. The Labute approximate surface area is 110 Å². The Kier molecular flexibility index (Phi) is 3.65. The van der Waals surface area contributed by atoms with Crippen molar-refractivity contribution in [1.82, 2.24) is 10.2 Å². The summed E-state index contributed by atoms with van der Waals surface area (Å²) < 4.78 is 27.0. The normalized spacial score (nSPS) is 21.1. The van der Waals surface area contributed by atoms with Crippen LogP contribution in [0.3, 0.4) is 0 Å². The lowest BCUT2D eigenvalue weighted by Crippen LogP contribution is -2.28. The van der Waals surface area contributed by atoms with Gasteiger partial charge in [0.2, 0.25) is 0 Å². The molecule has 0 amide bonds. The molecule has 1 unspecified atom stereocenters. The summed E-state index contributed by atoms with van der Waals surface area (Å²) in [5.41, 5.74) is 1.79. The molecule has 1 fully saturated rings. The van der Waals surface area contributed by atoms with Crippen LogP contribution in [-0.4, -0.2) is 22.7 Å². The van der Waals surface area contributed by atoms with E-state index in [9.17, 15) is 8.78 Å². The van der Waals surface area contributed by atoms with Gasteiger partial charge in [-0.15, -0.1) is 5.10 Å². The van der Waals surface area contributed by atoms with E-state index in [0.717, 1.165) is 5.56 Å². The van der Waals surface area contributed by atoms with Crippen LogP contribution in [0.1, 0.15) is 36.1 Å². The van der Waals surface area contributed by atoms with Gasteiger partial charge < -0.3 is 5.32 Å². The maximum Gasteiger partial charge on any atom is 0.252 e. The molecular formula is C13H16F2N4. The van der Waals surface area contributed by atoms with E-state index in [1.807, 2.05) is 6.07 Å². The van der Waals surface area contributed by atoms with E-state index < -0.39 is 11.8 Å². The maximum absolute atomic E-state index is 13.5. The Morgan fingerprint density at radius 3 is 2.74 bits per heavy atom. The number of alkyl halides is 2. The monoisotopic (exact) mass is 266 g/mol. The third kappa shape index (κ3) is 2.65. The highest BCUT2D eigenvalue weighted by Gasteiger charge is 2.43. The number of halogens is 2. The number of anilines is 1. The van der Waals surface area contributed by atoms with E-state index in [0.29, 0.717) is 29.9 Å². The molecular weight excluding hydrogens is 250 g/mol. The molecule has 4 nitrogen and oxygen atoms in total. The van der Waals surface area contributed by atoms with E-state index in [-0.39, 0.29) is 13.0 Å². The van der Waals surface area contributed by atoms with E-state index in [4.69, 9.17) is 5.26 Å². The molecule has 6 heteroatoms. The zero-order chi connectivity index (χ0) is 14.0. The van der Waals surface area contributed by atoms with Crippen molar-refractivity contribution in [1.29, 1.82) is 5.26 Å². The molecule has 0 radical (unpaired) electrons. The molecule has 1 atom stereocenters. The van der Waals surface area contributed by atoms with E-state index >= 15 is 0 Å². The van der Waals surface area contributed by atoms with Crippen LogP contribution in [0.2, 0.25) is 0 Å². The fraction of sp³-hybridized carbons (Fsp3) is 0.615. The summed E-state index contributed by atoms with van der Waals surface area (Å²) in [4.78, 5) is 0. The SMILES string of the molecule is Cc1nnc(NCC2CCCC2(F)F)c(C#N)c1C. The van der Waals surface area contributed by atoms with Gasteiger partial charge in [0, 0.05) is 18.9 Å². The second kappa shape index (κ2) is 5.08. The molecule has 1 heterocycles. The summed E-state index contributed by atoms with van der Waals surface area (Å²) in [5, 5.41) is 19.8. The molecule has 2 rings (SSSR count). The molecule has 1 N–H and O–H groups in total. The van der Waals surface area contributed by atoms with Gasteiger partial charge in [0.05, 0.1) is 5.69 Å². The summed E-state index contributed by atoms with van der Waals surface area (Å²) in [6.45, 7) is 3.66. The van der Waals surface area contributed by atoms with E-state index in [1.165, 1.54) is 0 Å². The predicted molar refractivity (Wildman–Crippen MR) is 67.0 cm³/mol. The molecule has 0 saturated heterocycles. The van der Waals surface area contributed by atoms with Crippen LogP contribution in [0, 0.1) is 31.1 Å². The first kappa shape index (κ1) is 13.7. The van der Waals surface area contributed by atoms with E-state index in [1.54, 1.807) is 13.8 Å². The van der Waals surface area contributed by atoms with Crippen molar-refractivity contribution in [2.75, 3.05) is 11.9 Å². The van der Waals surface area contributed by atoms with Crippen molar-refractivity contribution < 1.29 is 8.78 Å². The number of hydrogen-bond acceptors (Lipinski definition) is 4. The zero-order valence-electron chi connectivity index (χ0n) is 11.0. The lowest BCUT2D eigenvalue weighted by atomic mass is 10.0. The number of nitriles is 1. The number of aryl methyl sites for hydroxylation is 1. The van der Waals surface area contributed by atoms with Gasteiger partial charge in [-0.2, -0.15) is 10.4 Å². The minimum Gasteiger partial charge on any atom is -0.367 e. The molecule has 0 bridgehead atoms. The highest BCUT2D eigenvalue weighted by molar-refractivity contribution is 5.55. The molecule has 19 heavy (non-hydrogen) atoms. The Morgan fingerprint density at radius 2 is 2.16 bits per heavy atom. The van der Waals surface area contributed by atoms with Crippen molar-refractivity contribution in [2.24, 2.45) is 5.92 Å². The average molecular weight is 266 g/mol. The lowest BCUT2D eigenvalue weighted by molar-refractivity contribution is -0.0318. The molecule has 1 aliphatic rings. The summed E-state index contributed by atoms with van der Waals surface area (Å²) in [6, 6.07) is 2.05. The lowest BCUT2D eigenvalue weighted by Gasteiger charge is -2.20. The fourth-order valence-corrected chi connectivity index (χ4v) is 2.34. The number of aromatic nitrogens is 2. The molecule has 0 aromatic carbocycles. The average Bonchev–Trinajstić information content (AvgIpc) is 2.70. The molecule has 1 aliphatic carbocycles. The molecule has 1 aromatic rings.